The van der Waals surface area contributed by atoms with Gasteiger partial charge in [0.2, 0.25) is 5.79 Å². The van der Waals surface area contributed by atoms with Gasteiger partial charge < -0.3 is 48.8 Å². The number of carbonyl (C=O) groups excluding carboxylic acids is 1. The van der Waals surface area contributed by atoms with Crippen LogP contribution in [0.1, 0.15) is 99.8 Å². The van der Waals surface area contributed by atoms with Crippen molar-refractivity contribution in [3.05, 3.63) is 0 Å². The van der Waals surface area contributed by atoms with E-state index >= 15 is 0 Å². The van der Waals surface area contributed by atoms with Crippen molar-refractivity contribution in [3.63, 3.8) is 0 Å². The van der Waals surface area contributed by atoms with Gasteiger partial charge in [-0.1, -0.05) is 34.6 Å². The van der Waals surface area contributed by atoms with E-state index in [1.54, 1.807) is 6.92 Å². The molecule has 0 aromatic heterocycles. The van der Waals surface area contributed by atoms with Crippen LogP contribution in [-0.2, 0) is 33.2 Å². The van der Waals surface area contributed by atoms with Gasteiger partial charge in [0.05, 0.1) is 18.8 Å². The number of aliphatic hydroxyl groups is 4. The zero-order valence-corrected chi connectivity index (χ0v) is 29.5. The summed E-state index contributed by atoms with van der Waals surface area (Å²) in [5.74, 6) is 0.0295. The van der Waals surface area contributed by atoms with Crippen LogP contribution >= 0.6 is 0 Å². The third-order valence-electron chi connectivity index (χ3n) is 16.8. The van der Waals surface area contributed by atoms with Gasteiger partial charge in [0.15, 0.2) is 12.6 Å². The largest absolute Gasteiger partial charge is 0.462 e. The number of ether oxygens (including phenoxy) is 6. The number of fused-ring (bicyclic) bond motifs is 6. The summed E-state index contributed by atoms with van der Waals surface area (Å²) in [5, 5.41) is 41.7. The molecule has 9 fully saturated rings. The quantitative estimate of drug-likeness (QED) is 0.198. The van der Waals surface area contributed by atoms with E-state index in [4.69, 9.17) is 28.4 Å². The highest BCUT2D eigenvalue weighted by atomic mass is 16.8. The van der Waals surface area contributed by atoms with Crippen molar-refractivity contribution < 1.29 is 53.6 Å². The molecule has 9 aliphatic rings. The van der Waals surface area contributed by atoms with Crippen LogP contribution < -0.4 is 0 Å². The maximum absolute atomic E-state index is 12.9. The predicted octanol–water partition coefficient (Wildman–Crippen LogP) is 3.03. The molecule has 11 heteroatoms. The summed E-state index contributed by atoms with van der Waals surface area (Å²) in [7, 11) is 0. The summed E-state index contributed by atoms with van der Waals surface area (Å²) in [5.41, 5.74) is -1.23. The van der Waals surface area contributed by atoms with Gasteiger partial charge in [-0.25, -0.2) is 0 Å². The zero-order chi connectivity index (χ0) is 34.2. The Labute approximate surface area is 283 Å². The molecular weight excluding hydrogens is 620 g/mol. The lowest BCUT2D eigenvalue weighted by Gasteiger charge is -2.65. The zero-order valence-electron chi connectivity index (χ0n) is 29.5. The van der Waals surface area contributed by atoms with Crippen LogP contribution in [0.4, 0.5) is 0 Å². The molecule has 3 spiro atoms. The molecule has 4 aliphatic heterocycles. The molecule has 4 heterocycles. The molecule has 4 saturated heterocycles. The molecule has 19 atom stereocenters. The Balaban J connectivity index is 1.03. The minimum absolute atomic E-state index is 0.0420. The fourth-order valence-electron chi connectivity index (χ4n) is 14.6. The van der Waals surface area contributed by atoms with E-state index in [2.05, 4.69) is 34.6 Å². The SMILES string of the molecule is CC(=O)O[C@@H]1C[C@@]23C[C@@]24CC[C@H](O[C@@H]2OC[C@@H](O)[C@H](O)[C@H]2O)C(C)(C)C4CC[C@H]3[C@]2(C)C[C@@H]3O[C@]4(C[C@@H](C)[C@@H]3[C@@]12C)O[C@H](O)[C@@]1(C)O[C@@H]41. The predicted molar refractivity (Wildman–Crippen MR) is 168 cm³/mol. The standard InChI is InChI=1S/C37H56O11/c1-17-12-37(29-34(7,47-29)30(42)48-37)46-20-13-32(5)22-9-8-21-31(3,4)23(45-28-27(41)26(40)19(39)15-43-28)10-11-35(21)16-36(22,35)14-24(44-18(2)38)33(32,6)25(17)20/h17,19-30,39-42H,8-16H2,1-7H3/t17-,19-,20+,21?,22+,23+,24-,25+,26+,27-,28+,29-,30+,32+,33-,34+,35-,36+,37-/m1/s1. The summed E-state index contributed by atoms with van der Waals surface area (Å²) in [4.78, 5) is 12.9. The third-order valence-corrected chi connectivity index (χ3v) is 16.8. The minimum Gasteiger partial charge on any atom is -0.462 e. The molecule has 4 N–H and O–H groups in total. The first kappa shape index (κ1) is 33.0. The van der Waals surface area contributed by atoms with E-state index in [0.717, 1.165) is 44.9 Å². The highest BCUT2D eigenvalue weighted by molar-refractivity contribution is 5.66. The first-order valence-corrected chi connectivity index (χ1v) is 18.6. The molecule has 9 rings (SSSR count). The lowest BCUT2D eigenvalue weighted by molar-refractivity contribution is -0.346. The van der Waals surface area contributed by atoms with Crippen molar-refractivity contribution in [3.8, 4) is 0 Å². The van der Waals surface area contributed by atoms with Gasteiger partial charge >= 0.3 is 5.97 Å². The van der Waals surface area contributed by atoms with E-state index in [0.29, 0.717) is 18.3 Å². The van der Waals surface area contributed by atoms with Crippen molar-refractivity contribution in [2.45, 2.75) is 167 Å². The normalized spacial score (nSPS) is 63.3. The van der Waals surface area contributed by atoms with E-state index in [9.17, 15) is 25.2 Å². The number of hydrogen-bond donors (Lipinski definition) is 4. The molecule has 0 aromatic carbocycles. The molecule has 0 aromatic rings. The average Bonchev–Trinajstić information content (AvgIpc) is 3.84. The second-order valence-corrected chi connectivity index (χ2v) is 18.9. The molecule has 5 saturated carbocycles. The topological polar surface area (TPSA) is 157 Å². The van der Waals surface area contributed by atoms with Crippen molar-refractivity contribution >= 4 is 5.97 Å². The Bertz CT molecular complexity index is 1390. The Morgan fingerprint density at radius 1 is 0.833 bits per heavy atom. The van der Waals surface area contributed by atoms with Gasteiger partial charge in [-0.05, 0) is 97.2 Å². The Morgan fingerprint density at radius 3 is 2.23 bits per heavy atom. The third kappa shape index (κ3) is 3.74. The molecule has 11 nitrogen and oxygen atoms in total. The Hall–Kier alpha value is -0.890. The van der Waals surface area contributed by atoms with Gasteiger partial charge in [-0.15, -0.1) is 0 Å². The van der Waals surface area contributed by atoms with Crippen molar-refractivity contribution in [2.75, 3.05) is 6.61 Å². The number of epoxide rings is 1. The van der Waals surface area contributed by atoms with Gasteiger partial charge in [0, 0.05) is 18.8 Å². The fourth-order valence-corrected chi connectivity index (χ4v) is 14.6. The molecule has 48 heavy (non-hydrogen) atoms. The van der Waals surface area contributed by atoms with Gasteiger partial charge in [0.25, 0.3) is 0 Å². The monoisotopic (exact) mass is 676 g/mol. The second-order valence-electron chi connectivity index (χ2n) is 18.9. The summed E-state index contributed by atoms with van der Waals surface area (Å²) >= 11 is 0. The van der Waals surface area contributed by atoms with Crippen LogP contribution in [-0.4, -0.2) is 99.7 Å². The van der Waals surface area contributed by atoms with E-state index in [-0.39, 0.29) is 75.9 Å². The molecule has 0 radical (unpaired) electrons. The average molecular weight is 677 g/mol. The summed E-state index contributed by atoms with van der Waals surface area (Å²) in [6.45, 7) is 15.1. The van der Waals surface area contributed by atoms with E-state index < -0.39 is 42.3 Å². The molecule has 0 amide bonds. The Morgan fingerprint density at radius 2 is 1.56 bits per heavy atom. The van der Waals surface area contributed by atoms with Crippen molar-refractivity contribution in [2.24, 2.45) is 50.7 Å². The minimum atomic E-state index is -1.31. The molecule has 1 unspecified atom stereocenters. The maximum Gasteiger partial charge on any atom is 0.302 e. The summed E-state index contributed by atoms with van der Waals surface area (Å²) < 4.78 is 37.9. The number of aliphatic hydroxyl groups excluding tert-OH is 4. The van der Waals surface area contributed by atoms with E-state index in [1.165, 1.54) is 0 Å². The molecule has 0 bridgehead atoms. The van der Waals surface area contributed by atoms with Crippen molar-refractivity contribution in [1.82, 2.24) is 0 Å². The summed E-state index contributed by atoms with van der Waals surface area (Å²) in [6.07, 6.45) is 0.880. The van der Waals surface area contributed by atoms with Crippen molar-refractivity contribution in [1.29, 1.82) is 0 Å². The van der Waals surface area contributed by atoms with Crippen LogP contribution in [0, 0.1) is 50.7 Å². The molecular formula is C37H56O11. The van der Waals surface area contributed by atoms with Gasteiger partial charge in [0.1, 0.15) is 36.1 Å². The number of esters is 1. The second kappa shape index (κ2) is 9.75. The fraction of sp³-hybridized carbons (Fsp3) is 0.973. The smallest absolute Gasteiger partial charge is 0.302 e. The highest BCUT2D eigenvalue weighted by Gasteiger charge is 2.87. The first-order valence-electron chi connectivity index (χ1n) is 18.6. The van der Waals surface area contributed by atoms with Gasteiger partial charge in [-0.2, -0.15) is 0 Å². The van der Waals surface area contributed by atoms with Gasteiger partial charge in [-0.3, -0.25) is 4.79 Å². The Kier molecular flexibility index (Phi) is 6.70. The first-order chi connectivity index (χ1) is 22.4. The summed E-state index contributed by atoms with van der Waals surface area (Å²) in [6, 6.07) is 0. The van der Waals surface area contributed by atoms with Crippen LogP contribution in [0.25, 0.3) is 0 Å². The molecule has 270 valence electrons. The maximum atomic E-state index is 12.9. The lowest BCUT2D eigenvalue weighted by atomic mass is 9.41. The van der Waals surface area contributed by atoms with E-state index in [1.807, 2.05) is 6.92 Å². The van der Waals surface area contributed by atoms with Crippen LogP contribution in [0.15, 0.2) is 0 Å². The lowest BCUT2D eigenvalue weighted by Crippen LogP contribution is -2.64. The number of hydrogen-bond acceptors (Lipinski definition) is 11. The highest BCUT2D eigenvalue weighted by Crippen LogP contribution is 2.89. The molecule has 5 aliphatic carbocycles. The van der Waals surface area contributed by atoms with Crippen LogP contribution in [0.3, 0.4) is 0 Å². The van der Waals surface area contributed by atoms with Crippen LogP contribution in [0.5, 0.6) is 0 Å². The van der Waals surface area contributed by atoms with Crippen LogP contribution in [0.2, 0.25) is 0 Å². The number of carbonyl (C=O) groups is 1. The number of rotatable bonds is 3.